The molecule has 0 bridgehead atoms. The van der Waals surface area contributed by atoms with Gasteiger partial charge in [-0.25, -0.2) is 0 Å². The van der Waals surface area contributed by atoms with Crippen LogP contribution in [-0.2, 0) is 41.7 Å². The molecule has 0 aliphatic heterocycles. The van der Waals surface area contributed by atoms with Gasteiger partial charge in [0.05, 0.1) is 35.0 Å². The van der Waals surface area contributed by atoms with Gasteiger partial charge in [-0.3, -0.25) is 0 Å². The third kappa shape index (κ3) is 15.6. The molecule has 22 heavy (non-hydrogen) atoms. The Morgan fingerprint density at radius 2 is 0.818 bits per heavy atom. The Kier molecular flexibility index (Phi) is 23.4. The van der Waals surface area contributed by atoms with Crippen LogP contribution in [0, 0.1) is 0 Å². The fraction of sp³-hybridized carbons (Fsp3) is 1.00. The van der Waals surface area contributed by atoms with E-state index in [9.17, 15) is 0 Å². The predicted octanol–water partition coefficient (Wildman–Crippen LogP) is 5.52. The van der Waals surface area contributed by atoms with Crippen LogP contribution < -0.4 is 0 Å². The Balaban J connectivity index is -0.000000520. The minimum Gasteiger partial charge on any atom is -0.793 e. The van der Waals surface area contributed by atoms with Gasteiger partial charge in [0, 0.05) is 15.8 Å². The average Bonchev–Trinajstić information content (AvgIpc) is 2.34. The fourth-order valence-electron chi connectivity index (χ4n) is 2.84. The van der Waals surface area contributed by atoms with E-state index in [1.807, 2.05) is 0 Å². The topological polar surface area (TPSA) is 0 Å². The average molecular weight is 429 g/mol. The first-order chi connectivity index (χ1) is 9.68. The summed E-state index contributed by atoms with van der Waals surface area (Å²) in [4.78, 5) is 0. The summed E-state index contributed by atoms with van der Waals surface area (Å²) in [7, 11) is -0.229. The zero-order valence-corrected chi connectivity index (χ0v) is 20.6. The summed E-state index contributed by atoms with van der Waals surface area (Å²) in [5.41, 5.74) is 3.81. The first-order valence-electron chi connectivity index (χ1n) is 8.56. The number of hydrogen-bond acceptors (Lipinski definition) is 2. The first kappa shape index (κ1) is 28.8. The fourth-order valence-corrected chi connectivity index (χ4v) is 10.6. The van der Waals surface area contributed by atoms with Gasteiger partial charge in [0.2, 0.25) is 0 Å². The Bertz CT molecular complexity index is 187. The molecule has 0 N–H and O–H groups in total. The smallest absolute Gasteiger partial charge is 0.793 e. The van der Waals surface area contributed by atoms with Crippen molar-refractivity contribution in [3.63, 3.8) is 0 Å². The second-order valence-electron chi connectivity index (χ2n) is 7.03. The van der Waals surface area contributed by atoms with Crippen LogP contribution in [0.5, 0.6) is 0 Å². The van der Waals surface area contributed by atoms with Crippen molar-refractivity contribution in [2.75, 3.05) is 23.8 Å². The number of rotatable bonds is 9. The van der Waals surface area contributed by atoms with Gasteiger partial charge in [-0.2, -0.15) is 11.5 Å². The van der Waals surface area contributed by atoms with Crippen molar-refractivity contribution >= 4 is 41.1 Å². The molecule has 0 fully saturated rings. The van der Waals surface area contributed by atoms with Crippen molar-refractivity contribution in [1.29, 1.82) is 0 Å². The van der Waals surface area contributed by atoms with Gasteiger partial charge in [-0.1, -0.05) is 6.42 Å². The Hall–Kier alpha value is 2.05. The maximum Gasteiger partial charge on any atom is 2.00 e. The van der Waals surface area contributed by atoms with Crippen molar-refractivity contribution in [2.45, 2.75) is 84.4 Å². The zero-order valence-electron chi connectivity index (χ0n) is 16.0. The van der Waals surface area contributed by atoms with E-state index in [4.69, 9.17) is 0 Å². The number of hydrogen-bond donors (Lipinski definition) is 0. The van der Waals surface area contributed by atoms with Gasteiger partial charge in [-0.05, 0) is 55.4 Å². The maximum absolute atomic E-state index is 4.58. The van der Waals surface area contributed by atoms with Gasteiger partial charge in [0.25, 0.3) is 0 Å². The van der Waals surface area contributed by atoms with Gasteiger partial charge < -0.3 is 25.3 Å². The van der Waals surface area contributed by atoms with E-state index in [1.165, 1.54) is 0 Å². The second-order valence-corrected chi connectivity index (χ2v) is 15.8. The standard InChI is InChI=1S/C14H32P2.C3H8S2.Ni/c1-11(2)15(12(3)4)9-10-16(13(5)6)14(7)8;4-2-1-3-5;/h11-14H,9-10H2,1-8H3;4-5H,1-3H2;/q;;+2. The maximum atomic E-state index is 4.58. The van der Waals surface area contributed by atoms with Crippen molar-refractivity contribution in [3.05, 3.63) is 0 Å². The van der Waals surface area contributed by atoms with Crippen molar-refractivity contribution in [1.82, 2.24) is 0 Å². The molecule has 0 aromatic heterocycles. The molecular weight excluding hydrogens is 389 g/mol. The van der Waals surface area contributed by atoms with E-state index < -0.39 is 0 Å². The quantitative estimate of drug-likeness (QED) is 0.269. The summed E-state index contributed by atoms with van der Waals surface area (Å²) >= 11 is 9.17. The normalized spacial score (nSPS) is 11.5. The van der Waals surface area contributed by atoms with E-state index in [1.54, 1.807) is 12.3 Å². The third-order valence-corrected chi connectivity index (χ3v) is 12.6. The van der Waals surface area contributed by atoms with E-state index >= 15 is 0 Å². The van der Waals surface area contributed by atoms with Crippen molar-refractivity contribution in [2.24, 2.45) is 0 Å². The van der Waals surface area contributed by atoms with Crippen LogP contribution in [0.1, 0.15) is 61.8 Å². The zero-order chi connectivity index (χ0) is 17.0. The summed E-state index contributed by atoms with van der Waals surface area (Å²) in [5.74, 6) is 1.65. The third-order valence-electron chi connectivity index (χ3n) is 3.96. The molecule has 5 heteroatoms. The molecule has 0 radical (unpaired) electrons. The molecule has 0 aromatic carbocycles. The van der Waals surface area contributed by atoms with Gasteiger partial charge >= 0.3 is 16.5 Å². The molecule has 0 aliphatic carbocycles. The minimum absolute atomic E-state index is 0. The summed E-state index contributed by atoms with van der Waals surface area (Å²) < 4.78 is 0. The van der Waals surface area contributed by atoms with E-state index in [-0.39, 0.29) is 32.3 Å². The second kappa shape index (κ2) is 17.9. The summed E-state index contributed by atoms with van der Waals surface area (Å²) in [6, 6.07) is 0. The van der Waals surface area contributed by atoms with Crippen LogP contribution in [-0.4, -0.2) is 46.5 Å². The molecule has 0 aliphatic rings. The molecule has 0 spiro atoms. The van der Waals surface area contributed by atoms with Crippen LogP contribution in [0.25, 0.3) is 0 Å². The van der Waals surface area contributed by atoms with E-state index in [0.29, 0.717) is 0 Å². The molecule has 138 valence electrons. The van der Waals surface area contributed by atoms with Crippen LogP contribution in [0.4, 0.5) is 0 Å². The Labute approximate surface area is 165 Å². The largest absolute Gasteiger partial charge is 2.00 e. The molecule has 0 rings (SSSR count). The SMILES string of the molecule is CC(C)[PH+](CC[PH+](C(C)C)C(C)C)C(C)C.[Ni+2].[S-]CCC[S-]. The summed E-state index contributed by atoms with van der Waals surface area (Å²) in [6.45, 7) is 19.5. The molecule has 0 saturated heterocycles. The Morgan fingerprint density at radius 3 is 0.909 bits per heavy atom. The summed E-state index contributed by atoms with van der Waals surface area (Å²) in [6.07, 6.45) is 4.14. The van der Waals surface area contributed by atoms with Crippen LogP contribution >= 0.6 is 15.8 Å². The minimum atomic E-state index is -0.114. The van der Waals surface area contributed by atoms with Gasteiger partial charge in [-0.15, -0.1) is 0 Å². The molecule has 0 heterocycles. The van der Waals surface area contributed by atoms with Crippen LogP contribution in [0.15, 0.2) is 0 Å². The molecule has 0 nitrogen and oxygen atoms in total. The molecule has 0 amide bonds. The van der Waals surface area contributed by atoms with Crippen molar-refractivity contribution in [3.8, 4) is 0 Å². The molecular formula is C17H40NiP2S2+2. The molecule has 0 aromatic rings. The van der Waals surface area contributed by atoms with Crippen LogP contribution in [0.3, 0.4) is 0 Å². The van der Waals surface area contributed by atoms with Gasteiger partial charge in [0.1, 0.15) is 0 Å². The molecule has 0 unspecified atom stereocenters. The van der Waals surface area contributed by atoms with Crippen LogP contribution in [0.2, 0.25) is 0 Å². The first-order valence-corrected chi connectivity index (χ1v) is 13.4. The molecule has 0 saturated carbocycles. The monoisotopic (exact) mass is 428 g/mol. The van der Waals surface area contributed by atoms with E-state index in [0.717, 1.165) is 40.6 Å². The predicted molar refractivity (Wildman–Crippen MR) is 116 cm³/mol. The van der Waals surface area contributed by atoms with Gasteiger partial charge in [0.15, 0.2) is 0 Å². The summed E-state index contributed by atoms with van der Waals surface area (Å²) in [5, 5.41) is 0. The molecule has 0 atom stereocenters. The van der Waals surface area contributed by atoms with Crippen molar-refractivity contribution < 1.29 is 16.5 Å². The van der Waals surface area contributed by atoms with E-state index in [2.05, 4.69) is 80.6 Å². The Morgan fingerprint density at radius 1 is 0.591 bits per heavy atom.